The van der Waals surface area contributed by atoms with Gasteiger partial charge in [0.05, 0.1) is 13.2 Å². The Kier molecular flexibility index (Phi) is 9.70. The molecule has 0 spiro atoms. The number of morpholine rings is 1. The number of likely N-dealkylation sites (tertiary alicyclic amines) is 1. The summed E-state index contributed by atoms with van der Waals surface area (Å²) in [7, 11) is 1.78. The molecule has 3 rings (SSSR count). The van der Waals surface area contributed by atoms with Crippen LogP contribution in [0.4, 0.5) is 0 Å². The van der Waals surface area contributed by atoms with Gasteiger partial charge in [0.1, 0.15) is 18.5 Å². The number of aliphatic hydroxyl groups excluding tert-OH is 1. The van der Waals surface area contributed by atoms with Crippen molar-refractivity contribution < 1.29 is 19.3 Å². The van der Waals surface area contributed by atoms with Crippen LogP contribution in [-0.4, -0.2) is 87.3 Å². The van der Waals surface area contributed by atoms with Gasteiger partial charge in [-0.1, -0.05) is 12.1 Å². The Morgan fingerprint density at radius 1 is 1.14 bits per heavy atom. The molecule has 2 aliphatic rings. The van der Waals surface area contributed by atoms with Crippen LogP contribution in [0.5, 0.6) is 5.75 Å². The smallest absolute Gasteiger partial charge is 0.119 e. The number of piperidine rings is 1. The maximum Gasteiger partial charge on any atom is 0.119 e. The molecule has 2 heterocycles. The van der Waals surface area contributed by atoms with Crippen molar-refractivity contribution in [2.24, 2.45) is 5.92 Å². The standard InChI is InChI=1S/C23H38N2O4/c1-27-13-3-5-20-7-9-24(10-8-20)17-21-4-2-6-23(16-21)29-19-22(26)18-25-11-14-28-15-12-25/h2,4,6,16,20,22,26H,3,5,7-15,17-19H2,1H3. The minimum absolute atomic E-state index is 0.327. The highest BCUT2D eigenvalue weighted by atomic mass is 16.5. The van der Waals surface area contributed by atoms with Crippen LogP contribution in [0.1, 0.15) is 31.2 Å². The second-order valence-electron chi connectivity index (χ2n) is 8.38. The number of nitrogens with zero attached hydrogens (tertiary/aromatic N) is 2. The Bertz CT molecular complexity index is 572. The molecule has 0 aromatic heterocycles. The zero-order chi connectivity index (χ0) is 20.3. The van der Waals surface area contributed by atoms with Gasteiger partial charge in [0.15, 0.2) is 0 Å². The summed E-state index contributed by atoms with van der Waals surface area (Å²) in [6.07, 6.45) is 4.56. The van der Waals surface area contributed by atoms with Crippen LogP contribution in [0.15, 0.2) is 24.3 Å². The minimum Gasteiger partial charge on any atom is -0.491 e. The van der Waals surface area contributed by atoms with Gasteiger partial charge in [0, 0.05) is 39.9 Å². The highest BCUT2D eigenvalue weighted by Gasteiger charge is 2.19. The van der Waals surface area contributed by atoms with Crippen LogP contribution in [0, 0.1) is 5.92 Å². The molecule has 1 N–H and O–H groups in total. The van der Waals surface area contributed by atoms with E-state index >= 15 is 0 Å². The van der Waals surface area contributed by atoms with Gasteiger partial charge in [-0.05, 0) is 62.4 Å². The lowest BCUT2D eigenvalue weighted by atomic mass is 9.92. The zero-order valence-corrected chi connectivity index (χ0v) is 17.9. The van der Waals surface area contributed by atoms with Gasteiger partial charge in [-0.15, -0.1) is 0 Å². The van der Waals surface area contributed by atoms with Gasteiger partial charge < -0.3 is 19.3 Å². The summed E-state index contributed by atoms with van der Waals surface area (Å²) in [4.78, 5) is 4.77. The van der Waals surface area contributed by atoms with Gasteiger partial charge >= 0.3 is 0 Å². The molecule has 0 bridgehead atoms. The molecule has 2 saturated heterocycles. The van der Waals surface area contributed by atoms with E-state index in [1.54, 1.807) is 7.11 Å². The maximum atomic E-state index is 10.3. The Balaban J connectivity index is 1.37. The Labute approximate surface area is 175 Å². The van der Waals surface area contributed by atoms with E-state index in [9.17, 15) is 5.11 Å². The van der Waals surface area contributed by atoms with E-state index in [0.717, 1.165) is 51.1 Å². The highest BCUT2D eigenvalue weighted by Crippen LogP contribution is 2.24. The summed E-state index contributed by atoms with van der Waals surface area (Å²) in [5.41, 5.74) is 1.28. The largest absolute Gasteiger partial charge is 0.491 e. The Hall–Kier alpha value is -1.18. The van der Waals surface area contributed by atoms with Crippen LogP contribution in [0.2, 0.25) is 0 Å². The summed E-state index contributed by atoms with van der Waals surface area (Å²) in [5.74, 6) is 1.70. The Morgan fingerprint density at radius 2 is 1.93 bits per heavy atom. The summed E-state index contributed by atoms with van der Waals surface area (Å²) in [5, 5.41) is 10.3. The molecule has 2 fully saturated rings. The van der Waals surface area contributed by atoms with Crippen molar-refractivity contribution in [1.29, 1.82) is 0 Å². The molecular weight excluding hydrogens is 368 g/mol. The van der Waals surface area contributed by atoms with Gasteiger partial charge in [0.2, 0.25) is 0 Å². The van der Waals surface area contributed by atoms with E-state index in [2.05, 4.69) is 28.0 Å². The van der Waals surface area contributed by atoms with Crippen molar-refractivity contribution >= 4 is 0 Å². The van der Waals surface area contributed by atoms with Gasteiger partial charge in [-0.25, -0.2) is 0 Å². The second-order valence-corrected chi connectivity index (χ2v) is 8.38. The van der Waals surface area contributed by atoms with E-state index in [1.165, 1.54) is 44.3 Å². The van der Waals surface area contributed by atoms with Gasteiger partial charge in [-0.3, -0.25) is 9.80 Å². The fourth-order valence-corrected chi connectivity index (χ4v) is 4.27. The fraction of sp³-hybridized carbons (Fsp3) is 0.739. The van der Waals surface area contributed by atoms with E-state index in [-0.39, 0.29) is 0 Å². The molecule has 1 aromatic rings. The molecule has 0 radical (unpaired) electrons. The van der Waals surface area contributed by atoms with Crippen molar-refractivity contribution in [2.75, 3.05) is 66.3 Å². The number of benzene rings is 1. The molecule has 0 saturated carbocycles. The average Bonchev–Trinajstić information content (AvgIpc) is 2.75. The lowest BCUT2D eigenvalue weighted by molar-refractivity contribution is 0.00464. The number of rotatable bonds is 11. The van der Waals surface area contributed by atoms with Crippen LogP contribution in [0.3, 0.4) is 0 Å². The third-order valence-electron chi connectivity index (χ3n) is 5.99. The molecule has 1 atom stereocenters. The first-order valence-corrected chi connectivity index (χ1v) is 11.1. The van der Waals surface area contributed by atoms with Gasteiger partial charge in [0.25, 0.3) is 0 Å². The zero-order valence-electron chi connectivity index (χ0n) is 17.9. The van der Waals surface area contributed by atoms with Crippen molar-refractivity contribution in [3.05, 3.63) is 29.8 Å². The lowest BCUT2D eigenvalue weighted by Crippen LogP contribution is -2.42. The SMILES string of the molecule is COCCCC1CCN(Cc2cccc(OCC(O)CN3CCOCC3)c2)CC1. The monoisotopic (exact) mass is 406 g/mol. The number of aliphatic hydroxyl groups is 1. The van der Waals surface area contributed by atoms with Crippen molar-refractivity contribution in [3.63, 3.8) is 0 Å². The number of hydrogen-bond donors (Lipinski definition) is 1. The third kappa shape index (κ3) is 8.22. The second kappa shape index (κ2) is 12.5. The predicted octanol–water partition coefficient (Wildman–Crippen LogP) is 2.40. The molecule has 6 nitrogen and oxygen atoms in total. The number of ether oxygens (including phenoxy) is 3. The van der Waals surface area contributed by atoms with Crippen LogP contribution >= 0.6 is 0 Å². The summed E-state index contributed by atoms with van der Waals surface area (Å²) in [6, 6.07) is 8.32. The normalized spacial score (nSPS) is 20.6. The molecule has 0 amide bonds. The van der Waals surface area contributed by atoms with E-state index in [1.807, 2.05) is 6.07 Å². The van der Waals surface area contributed by atoms with E-state index in [4.69, 9.17) is 14.2 Å². The molecule has 29 heavy (non-hydrogen) atoms. The summed E-state index contributed by atoms with van der Waals surface area (Å²) < 4.78 is 16.4. The first-order valence-electron chi connectivity index (χ1n) is 11.1. The Morgan fingerprint density at radius 3 is 2.69 bits per heavy atom. The molecule has 1 aromatic carbocycles. The predicted molar refractivity (Wildman–Crippen MR) is 114 cm³/mol. The van der Waals surface area contributed by atoms with Crippen molar-refractivity contribution in [1.82, 2.24) is 9.80 Å². The first-order chi connectivity index (χ1) is 14.2. The number of methoxy groups -OCH3 is 1. The summed E-state index contributed by atoms with van der Waals surface area (Å²) in [6.45, 7) is 8.43. The summed E-state index contributed by atoms with van der Waals surface area (Å²) >= 11 is 0. The maximum absolute atomic E-state index is 10.3. The molecule has 0 aliphatic carbocycles. The van der Waals surface area contributed by atoms with Crippen LogP contribution in [-0.2, 0) is 16.0 Å². The molecule has 164 valence electrons. The van der Waals surface area contributed by atoms with E-state index in [0.29, 0.717) is 13.2 Å². The van der Waals surface area contributed by atoms with Crippen LogP contribution < -0.4 is 4.74 Å². The van der Waals surface area contributed by atoms with E-state index < -0.39 is 6.10 Å². The minimum atomic E-state index is -0.478. The molecule has 1 unspecified atom stereocenters. The molecule has 6 heteroatoms. The van der Waals surface area contributed by atoms with Crippen molar-refractivity contribution in [2.45, 2.75) is 38.3 Å². The van der Waals surface area contributed by atoms with Crippen molar-refractivity contribution in [3.8, 4) is 5.75 Å². The lowest BCUT2D eigenvalue weighted by Gasteiger charge is -2.32. The van der Waals surface area contributed by atoms with Gasteiger partial charge in [-0.2, -0.15) is 0 Å². The van der Waals surface area contributed by atoms with Crippen LogP contribution in [0.25, 0.3) is 0 Å². The highest BCUT2D eigenvalue weighted by molar-refractivity contribution is 5.28. The molecule has 2 aliphatic heterocycles. The molecular formula is C23H38N2O4. The first kappa shape index (κ1) is 22.5. The fourth-order valence-electron chi connectivity index (χ4n) is 4.27. The number of β-amino-alcohol motifs (C(OH)–C–C–N with tert-alkyl or cyclic N) is 1. The third-order valence-corrected chi connectivity index (χ3v) is 5.99. The topological polar surface area (TPSA) is 54.4 Å². The average molecular weight is 407 g/mol. The number of hydrogen-bond acceptors (Lipinski definition) is 6. The quantitative estimate of drug-likeness (QED) is 0.570.